The third-order valence-corrected chi connectivity index (χ3v) is 3.18. The molecule has 5 heteroatoms. The third-order valence-electron chi connectivity index (χ3n) is 3.18. The van der Waals surface area contributed by atoms with E-state index in [1.165, 1.54) is 18.0 Å². The first kappa shape index (κ1) is 14.8. The van der Waals surface area contributed by atoms with E-state index in [0.717, 1.165) is 19.5 Å². The van der Waals surface area contributed by atoms with E-state index in [0.29, 0.717) is 5.82 Å². The number of hydrogen-bond donors (Lipinski definition) is 2. The van der Waals surface area contributed by atoms with Crippen LogP contribution in [0.4, 0.5) is 11.5 Å². The molecule has 0 amide bonds. The van der Waals surface area contributed by atoms with Crippen LogP contribution in [0.5, 0.6) is 0 Å². The van der Waals surface area contributed by atoms with Gasteiger partial charge in [0.2, 0.25) is 0 Å². The van der Waals surface area contributed by atoms with Gasteiger partial charge < -0.3 is 15.3 Å². The Bertz CT molecular complexity index is 587. The van der Waals surface area contributed by atoms with E-state index in [1.54, 1.807) is 6.07 Å². The summed E-state index contributed by atoms with van der Waals surface area (Å²) in [6.07, 6.45) is 2.44. The number of nitrogens with zero attached hydrogens (tertiary/aromatic N) is 2. The Balaban J connectivity index is 1.77. The van der Waals surface area contributed by atoms with Crippen LogP contribution in [-0.2, 0) is 0 Å². The Labute approximate surface area is 124 Å². The molecule has 0 saturated carbocycles. The van der Waals surface area contributed by atoms with Gasteiger partial charge in [0.25, 0.3) is 0 Å². The second-order valence-electron chi connectivity index (χ2n) is 4.77. The number of benzene rings is 1. The standard InChI is InChI=1S/C16H19N3O2/c1-19(14-6-3-2-4-7-14)11-5-9-17-15-12-13(16(20)21)8-10-18-15/h2-4,6-8,10,12H,5,9,11H2,1H3,(H,17,18)(H,20,21). The zero-order valence-corrected chi connectivity index (χ0v) is 12.0. The van der Waals surface area contributed by atoms with E-state index in [9.17, 15) is 4.79 Å². The minimum absolute atomic E-state index is 0.244. The van der Waals surface area contributed by atoms with Crippen LogP contribution >= 0.6 is 0 Å². The number of para-hydroxylation sites is 1. The molecule has 21 heavy (non-hydrogen) atoms. The fourth-order valence-electron chi connectivity index (χ4n) is 2.00. The van der Waals surface area contributed by atoms with Gasteiger partial charge in [0.15, 0.2) is 0 Å². The molecule has 0 saturated heterocycles. The van der Waals surface area contributed by atoms with Crippen LogP contribution < -0.4 is 10.2 Å². The molecule has 0 aliphatic rings. The van der Waals surface area contributed by atoms with Crippen molar-refractivity contribution in [1.82, 2.24) is 4.98 Å². The van der Waals surface area contributed by atoms with E-state index < -0.39 is 5.97 Å². The van der Waals surface area contributed by atoms with Crippen molar-refractivity contribution in [2.75, 3.05) is 30.4 Å². The van der Waals surface area contributed by atoms with E-state index >= 15 is 0 Å². The number of carbonyl (C=O) groups is 1. The second-order valence-corrected chi connectivity index (χ2v) is 4.77. The maximum absolute atomic E-state index is 10.9. The average Bonchev–Trinajstić information content (AvgIpc) is 2.52. The Hall–Kier alpha value is -2.56. The number of carboxylic acids is 1. The number of carboxylic acid groups (broad SMARTS) is 1. The SMILES string of the molecule is CN(CCCNc1cc(C(=O)O)ccn1)c1ccccc1. The largest absolute Gasteiger partial charge is 0.478 e. The van der Waals surface area contributed by atoms with Gasteiger partial charge >= 0.3 is 5.97 Å². The van der Waals surface area contributed by atoms with E-state index in [1.807, 2.05) is 18.2 Å². The molecule has 2 rings (SSSR count). The lowest BCUT2D eigenvalue weighted by Crippen LogP contribution is -2.20. The molecule has 0 spiro atoms. The molecule has 0 atom stereocenters. The molecule has 110 valence electrons. The van der Waals surface area contributed by atoms with Crippen molar-refractivity contribution in [1.29, 1.82) is 0 Å². The van der Waals surface area contributed by atoms with Crippen molar-refractivity contribution in [2.24, 2.45) is 0 Å². The molecule has 2 aromatic rings. The summed E-state index contributed by atoms with van der Waals surface area (Å²) in [7, 11) is 2.05. The summed E-state index contributed by atoms with van der Waals surface area (Å²) in [5.41, 5.74) is 1.43. The highest BCUT2D eigenvalue weighted by molar-refractivity contribution is 5.88. The average molecular weight is 285 g/mol. The molecule has 2 N–H and O–H groups in total. The maximum Gasteiger partial charge on any atom is 0.335 e. The first-order chi connectivity index (χ1) is 10.2. The highest BCUT2D eigenvalue weighted by atomic mass is 16.4. The summed E-state index contributed by atoms with van der Waals surface area (Å²) in [5, 5.41) is 12.1. The molecule has 1 aromatic carbocycles. The topological polar surface area (TPSA) is 65.5 Å². The molecule has 0 bridgehead atoms. The van der Waals surface area contributed by atoms with Gasteiger partial charge in [-0.1, -0.05) is 18.2 Å². The summed E-state index contributed by atoms with van der Waals surface area (Å²) < 4.78 is 0. The van der Waals surface area contributed by atoms with Gasteiger partial charge in [-0.05, 0) is 30.7 Å². The zero-order chi connectivity index (χ0) is 15.1. The minimum atomic E-state index is -0.940. The van der Waals surface area contributed by atoms with E-state index in [2.05, 4.69) is 34.4 Å². The normalized spacial score (nSPS) is 10.1. The number of aromatic carboxylic acids is 1. The molecule has 0 radical (unpaired) electrons. The van der Waals surface area contributed by atoms with Crippen LogP contribution in [0, 0.1) is 0 Å². The third kappa shape index (κ3) is 4.49. The lowest BCUT2D eigenvalue weighted by molar-refractivity contribution is 0.0697. The van der Waals surface area contributed by atoms with Gasteiger partial charge in [-0.15, -0.1) is 0 Å². The van der Waals surface area contributed by atoms with Crippen molar-refractivity contribution >= 4 is 17.5 Å². The maximum atomic E-state index is 10.9. The summed E-state index contributed by atoms with van der Waals surface area (Å²) in [6.45, 7) is 1.66. The van der Waals surface area contributed by atoms with Crippen molar-refractivity contribution in [3.05, 3.63) is 54.2 Å². The molecule has 0 aliphatic heterocycles. The van der Waals surface area contributed by atoms with Crippen LogP contribution in [0.15, 0.2) is 48.7 Å². The summed E-state index contributed by atoms with van der Waals surface area (Å²) in [4.78, 5) is 17.2. The van der Waals surface area contributed by atoms with Gasteiger partial charge in [0.05, 0.1) is 5.56 Å². The Kier molecular flexibility index (Phi) is 5.15. The van der Waals surface area contributed by atoms with Gasteiger partial charge in [-0.2, -0.15) is 0 Å². The van der Waals surface area contributed by atoms with Crippen molar-refractivity contribution < 1.29 is 9.90 Å². The number of aromatic nitrogens is 1. The van der Waals surface area contributed by atoms with Crippen LogP contribution in [0.3, 0.4) is 0 Å². The molecule has 1 aromatic heterocycles. The lowest BCUT2D eigenvalue weighted by Gasteiger charge is -2.19. The molecule has 0 unspecified atom stereocenters. The van der Waals surface area contributed by atoms with Crippen molar-refractivity contribution in [2.45, 2.75) is 6.42 Å². The number of anilines is 2. The molecular formula is C16H19N3O2. The fraction of sp³-hybridized carbons (Fsp3) is 0.250. The smallest absolute Gasteiger partial charge is 0.335 e. The number of rotatable bonds is 7. The molecule has 0 fully saturated rings. The van der Waals surface area contributed by atoms with Gasteiger partial charge in [-0.25, -0.2) is 9.78 Å². The Morgan fingerprint density at radius 2 is 2.05 bits per heavy atom. The first-order valence-electron chi connectivity index (χ1n) is 6.86. The van der Waals surface area contributed by atoms with Gasteiger partial charge in [0.1, 0.15) is 5.82 Å². The van der Waals surface area contributed by atoms with Gasteiger partial charge in [0, 0.05) is 32.0 Å². The first-order valence-corrected chi connectivity index (χ1v) is 6.86. The van der Waals surface area contributed by atoms with Crippen LogP contribution in [0.2, 0.25) is 0 Å². The molecule has 1 heterocycles. The van der Waals surface area contributed by atoms with E-state index in [4.69, 9.17) is 5.11 Å². The quantitative estimate of drug-likeness (QED) is 0.766. The monoisotopic (exact) mass is 285 g/mol. The second kappa shape index (κ2) is 7.28. The number of hydrogen-bond acceptors (Lipinski definition) is 4. The van der Waals surface area contributed by atoms with Crippen molar-refractivity contribution in [3.8, 4) is 0 Å². The Morgan fingerprint density at radius 3 is 2.76 bits per heavy atom. The van der Waals surface area contributed by atoms with E-state index in [-0.39, 0.29) is 5.56 Å². The molecular weight excluding hydrogens is 266 g/mol. The summed E-state index contributed by atoms with van der Waals surface area (Å²) in [5.74, 6) is -0.346. The van der Waals surface area contributed by atoms with Crippen LogP contribution in [-0.4, -0.2) is 36.2 Å². The number of nitrogens with one attached hydrogen (secondary N) is 1. The van der Waals surface area contributed by atoms with Gasteiger partial charge in [-0.3, -0.25) is 0 Å². The van der Waals surface area contributed by atoms with Crippen molar-refractivity contribution in [3.63, 3.8) is 0 Å². The van der Waals surface area contributed by atoms with Crippen LogP contribution in [0.1, 0.15) is 16.8 Å². The molecule has 0 aliphatic carbocycles. The lowest BCUT2D eigenvalue weighted by atomic mass is 10.2. The molecule has 5 nitrogen and oxygen atoms in total. The minimum Gasteiger partial charge on any atom is -0.478 e. The van der Waals surface area contributed by atoms with Crippen LogP contribution in [0.25, 0.3) is 0 Å². The highest BCUT2D eigenvalue weighted by Gasteiger charge is 2.04. The highest BCUT2D eigenvalue weighted by Crippen LogP contribution is 2.11. The zero-order valence-electron chi connectivity index (χ0n) is 12.0. The predicted molar refractivity (Wildman–Crippen MR) is 84.0 cm³/mol. The predicted octanol–water partition coefficient (Wildman–Crippen LogP) is 2.72. The fourth-order valence-corrected chi connectivity index (χ4v) is 2.00. The summed E-state index contributed by atoms with van der Waals surface area (Å²) >= 11 is 0. The summed E-state index contributed by atoms with van der Waals surface area (Å²) in [6, 6.07) is 13.2. The number of pyridine rings is 1. The Morgan fingerprint density at radius 1 is 1.29 bits per heavy atom.